The largest absolute Gasteiger partial charge is 0.485 e. The Labute approximate surface area is 127 Å². The molecule has 2 nitrogen and oxygen atoms in total. The first-order chi connectivity index (χ1) is 9.31. The minimum absolute atomic E-state index is 0. The number of benzene rings is 2. The summed E-state index contributed by atoms with van der Waals surface area (Å²) in [5.74, 6) is 0.965. The van der Waals surface area contributed by atoms with E-state index in [0.29, 0.717) is 0 Å². The van der Waals surface area contributed by atoms with E-state index in [1.807, 2.05) is 31.3 Å². The monoisotopic (exact) mass is 293 g/mol. The average molecular weight is 294 g/mol. The molecule has 20 heavy (non-hydrogen) atoms. The molecule has 1 atom stereocenters. The maximum atomic E-state index is 6.19. The second kappa shape index (κ2) is 8.62. The highest BCUT2D eigenvalue weighted by molar-refractivity contribution is 5.85. The molecule has 0 amide bonds. The van der Waals surface area contributed by atoms with Crippen molar-refractivity contribution in [2.75, 3.05) is 13.6 Å². The Balaban J connectivity index is 0.00000200. The molecular weight excluding hydrogens is 272 g/mol. The van der Waals surface area contributed by atoms with Gasteiger partial charge in [-0.2, -0.15) is 0 Å². The van der Waals surface area contributed by atoms with E-state index in [1.54, 1.807) is 0 Å². The fraction of sp³-hybridized carbons (Fsp3) is 0.294. The Morgan fingerprint density at radius 3 is 2.30 bits per heavy atom. The molecule has 0 unspecified atom stereocenters. The summed E-state index contributed by atoms with van der Waals surface area (Å²) in [7, 11) is 1.97. The molecule has 0 radical (unpaired) electrons. The molecule has 0 heterocycles. The molecular formula is C17H22ClNO. The van der Waals surface area contributed by atoms with E-state index in [4.69, 9.17) is 4.74 Å². The van der Waals surface area contributed by atoms with Crippen LogP contribution in [-0.4, -0.2) is 13.6 Å². The van der Waals surface area contributed by atoms with Gasteiger partial charge in [-0.05, 0) is 37.7 Å². The van der Waals surface area contributed by atoms with Gasteiger partial charge in [-0.25, -0.2) is 0 Å². The highest BCUT2D eigenvalue weighted by Gasteiger charge is 2.13. The molecule has 0 bridgehead atoms. The van der Waals surface area contributed by atoms with Gasteiger partial charge in [-0.1, -0.05) is 48.5 Å². The third-order valence-corrected chi connectivity index (χ3v) is 3.19. The van der Waals surface area contributed by atoms with E-state index >= 15 is 0 Å². The molecule has 0 saturated carbocycles. The van der Waals surface area contributed by atoms with Crippen LogP contribution in [0.15, 0.2) is 54.6 Å². The highest BCUT2D eigenvalue weighted by atomic mass is 35.5. The second-order valence-electron chi connectivity index (χ2n) is 4.67. The van der Waals surface area contributed by atoms with Crippen LogP contribution in [0.3, 0.4) is 0 Å². The molecule has 2 aromatic carbocycles. The second-order valence-corrected chi connectivity index (χ2v) is 4.67. The van der Waals surface area contributed by atoms with Crippen LogP contribution in [0.1, 0.15) is 23.7 Å². The number of para-hydroxylation sites is 1. The van der Waals surface area contributed by atoms with Crippen LogP contribution >= 0.6 is 12.4 Å². The summed E-state index contributed by atoms with van der Waals surface area (Å²) < 4.78 is 6.19. The molecule has 0 spiro atoms. The first-order valence-corrected chi connectivity index (χ1v) is 6.73. The lowest BCUT2D eigenvalue weighted by molar-refractivity contribution is 0.193. The number of hydrogen-bond donors (Lipinski definition) is 1. The van der Waals surface area contributed by atoms with Crippen molar-refractivity contribution in [1.82, 2.24) is 5.32 Å². The molecule has 108 valence electrons. The number of hydrogen-bond acceptors (Lipinski definition) is 2. The Morgan fingerprint density at radius 1 is 1.00 bits per heavy atom. The van der Waals surface area contributed by atoms with Gasteiger partial charge in [0.05, 0.1) is 0 Å². The first kappa shape index (κ1) is 16.5. The van der Waals surface area contributed by atoms with E-state index in [1.165, 1.54) is 11.1 Å². The molecule has 0 saturated heterocycles. The summed E-state index contributed by atoms with van der Waals surface area (Å²) >= 11 is 0. The molecule has 0 aliphatic rings. The Morgan fingerprint density at radius 2 is 1.65 bits per heavy atom. The lowest BCUT2D eigenvalue weighted by Gasteiger charge is -2.20. The molecule has 2 aromatic rings. The molecule has 0 aliphatic carbocycles. The molecule has 0 fully saturated rings. The smallest absolute Gasteiger partial charge is 0.125 e. The molecule has 0 aliphatic heterocycles. The maximum Gasteiger partial charge on any atom is 0.125 e. The van der Waals surface area contributed by atoms with Crippen molar-refractivity contribution < 1.29 is 4.74 Å². The summed E-state index contributed by atoms with van der Waals surface area (Å²) in [4.78, 5) is 0. The van der Waals surface area contributed by atoms with Gasteiger partial charge in [-0.3, -0.25) is 0 Å². The zero-order valence-corrected chi connectivity index (χ0v) is 12.8. The maximum absolute atomic E-state index is 6.19. The fourth-order valence-electron chi connectivity index (χ4n) is 2.08. The standard InChI is InChI=1S/C17H21NO.ClH/c1-14-8-6-7-11-16(14)19-17(12-13-18-2)15-9-4-3-5-10-15;/h3-11,17-18H,12-13H2,1-2H3;1H/t17-;/m1./s1/i17+2;. The summed E-state index contributed by atoms with van der Waals surface area (Å²) in [5.41, 5.74) is 2.40. The lowest BCUT2D eigenvalue weighted by Crippen LogP contribution is -2.16. The first-order valence-electron chi connectivity index (χ1n) is 6.73. The zero-order chi connectivity index (χ0) is 13.5. The molecule has 3 heteroatoms. The minimum Gasteiger partial charge on any atom is -0.485 e. The van der Waals surface area contributed by atoms with Crippen LogP contribution in [0.25, 0.3) is 0 Å². The van der Waals surface area contributed by atoms with E-state index in [0.717, 1.165) is 18.7 Å². The van der Waals surface area contributed by atoms with Gasteiger partial charge >= 0.3 is 0 Å². The summed E-state index contributed by atoms with van der Waals surface area (Å²) in [6.07, 6.45) is 1.05. The zero-order valence-electron chi connectivity index (χ0n) is 12.0. The highest BCUT2D eigenvalue weighted by Crippen LogP contribution is 2.26. The van der Waals surface area contributed by atoms with Crippen LogP contribution in [0, 0.1) is 6.92 Å². The van der Waals surface area contributed by atoms with Crippen molar-refractivity contribution in [3.05, 3.63) is 65.7 Å². The molecule has 2 rings (SSSR count). The van der Waals surface area contributed by atoms with Crippen molar-refractivity contribution in [3.63, 3.8) is 0 Å². The van der Waals surface area contributed by atoms with Gasteiger partial charge in [-0.15, -0.1) is 12.4 Å². The van der Waals surface area contributed by atoms with E-state index in [-0.39, 0.29) is 18.5 Å². The van der Waals surface area contributed by atoms with Crippen molar-refractivity contribution in [2.45, 2.75) is 19.4 Å². The van der Waals surface area contributed by atoms with Crippen LogP contribution in [-0.2, 0) is 0 Å². The summed E-state index contributed by atoms with van der Waals surface area (Å²) in [6.45, 7) is 3.01. The number of aryl methyl sites for hydroxylation is 1. The van der Waals surface area contributed by atoms with Crippen LogP contribution in [0.4, 0.5) is 0 Å². The fourth-order valence-corrected chi connectivity index (χ4v) is 2.08. The third-order valence-electron chi connectivity index (χ3n) is 3.19. The van der Waals surface area contributed by atoms with Gasteiger partial charge in [0.1, 0.15) is 11.9 Å². The van der Waals surface area contributed by atoms with E-state index in [9.17, 15) is 0 Å². The van der Waals surface area contributed by atoms with Gasteiger partial charge in [0.2, 0.25) is 0 Å². The van der Waals surface area contributed by atoms with E-state index in [2.05, 4.69) is 42.6 Å². The average Bonchev–Trinajstić information content (AvgIpc) is 2.46. The van der Waals surface area contributed by atoms with Crippen LogP contribution < -0.4 is 10.1 Å². The van der Waals surface area contributed by atoms with E-state index < -0.39 is 0 Å². The predicted molar refractivity (Wildman–Crippen MR) is 86.8 cm³/mol. The number of halogens is 1. The summed E-state index contributed by atoms with van der Waals surface area (Å²) in [6, 6.07) is 18.6. The lowest BCUT2D eigenvalue weighted by atomic mass is 10.2. The van der Waals surface area contributed by atoms with Crippen molar-refractivity contribution >= 4 is 12.4 Å². The third kappa shape index (κ3) is 4.55. The quantitative estimate of drug-likeness (QED) is 0.864. The van der Waals surface area contributed by atoms with Crippen molar-refractivity contribution in [3.8, 4) is 5.75 Å². The SMILES string of the molecule is CNCC[14C@@H](Oc1ccccc1C)c1ccccc1.Cl. The minimum atomic E-state index is 0. The number of ether oxygens (including phenoxy) is 1. The van der Waals surface area contributed by atoms with Crippen molar-refractivity contribution in [2.24, 2.45) is 0 Å². The van der Waals surface area contributed by atoms with Gasteiger partial charge in [0.25, 0.3) is 0 Å². The van der Waals surface area contributed by atoms with Crippen LogP contribution in [0.2, 0.25) is 0 Å². The van der Waals surface area contributed by atoms with Crippen molar-refractivity contribution in [1.29, 1.82) is 0 Å². The normalized spacial score (nSPS) is 11.5. The Kier molecular flexibility index (Phi) is 7.13. The van der Waals surface area contributed by atoms with Gasteiger partial charge < -0.3 is 10.1 Å². The topological polar surface area (TPSA) is 21.3 Å². The predicted octanol–water partition coefficient (Wildman–Crippen LogP) is 4.15. The molecule has 1 N–H and O–H groups in total. The van der Waals surface area contributed by atoms with Gasteiger partial charge in [0, 0.05) is 6.42 Å². The Bertz CT molecular complexity index is 501. The number of nitrogens with one attached hydrogen (secondary N) is 1. The molecule has 0 aromatic heterocycles. The number of rotatable bonds is 6. The summed E-state index contributed by atoms with van der Waals surface area (Å²) in [5, 5.41) is 3.19. The van der Waals surface area contributed by atoms with Gasteiger partial charge in [0.15, 0.2) is 0 Å². The Hall–Kier alpha value is -1.51. The van der Waals surface area contributed by atoms with Crippen LogP contribution in [0.5, 0.6) is 5.75 Å².